The Bertz CT molecular complexity index is 452. The van der Waals surface area contributed by atoms with Crippen LogP contribution in [0.3, 0.4) is 0 Å². The molecule has 0 aliphatic heterocycles. The zero-order chi connectivity index (χ0) is 15.2. The topological polar surface area (TPSA) is 37.8 Å². The second kappa shape index (κ2) is 8.30. The highest BCUT2D eigenvalue weighted by atomic mass is 127. The van der Waals surface area contributed by atoms with Gasteiger partial charge in [-0.15, -0.1) is 0 Å². The number of nitrogens with zero attached hydrogens (tertiary/aromatic N) is 2. The van der Waals surface area contributed by atoms with Crippen molar-refractivity contribution in [3.8, 4) is 0 Å². The van der Waals surface area contributed by atoms with Gasteiger partial charge in [-0.05, 0) is 48.3 Å². The van der Waals surface area contributed by atoms with E-state index in [9.17, 15) is 0 Å². The van der Waals surface area contributed by atoms with Gasteiger partial charge in [0.25, 0.3) is 0 Å². The largest absolute Gasteiger partial charge is 0.369 e. The Balaban J connectivity index is 2.32. The fourth-order valence-corrected chi connectivity index (χ4v) is 4.10. The summed E-state index contributed by atoms with van der Waals surface area (Å²) in [4.78, 5) is 9.82. The molecule has 0 radical (unpaired) electrons. The summed E-state index contributed by atoms with van der Waals surface area (Å²) in [5, 5.41) is 3.42. The molecule has 0 atom stereocenters. The van der Waals surface area contributed by atoms with E-state index >= 15 is 0 Å². The molecule has 0 spiro atoms. The van der Waals surface area contributed by atoms with Crippen LogP contribution in [0, 0.1) is 3.57 Å². The minimum atomic E-state index is 0.449. The standard InChI is InChI=1S/C17H28IN3/c1-4-19-17-14(18)15(12(2)3)20-16(21-17)13-10-8-6-5-7-9-11-13/h12-13H,4-11H2,1-3H3,(H,19,20,21). The molecule has 1 heterocycles. The highest BCUT2D eigenvalue weighted by Crippen LogP contribution is 2.32. The van der Waals surface area contributed by atoms with Gasteiger partial charge >= 0.3 is 0 Å². The van der Waals surface area contributed by atoms with Gasteiger partial charge in [0.1, 0.15) is 11.6 Å². The molecule has 0 bridgehead atoms. The summed E-state index contributed by atoms with van der Waals surface area (Å²) in [6, 6.07) is 0. The number of hydrogen-bond acceptors (Lipinski definition) is 3. The summed E-state index contributed by atoms with van der Waals surface area (Å²) < 4.78 is 1.19. The first kappa shape index (κ1) is 17.0. The van der Waals surface area contributed by atoms with E-state index in [-0.39, 0.29) is 0 Å². The second-order valence-electron chi connectivity index (χ2n) is 6.36. The zero-order valence-corrected chi connectivity index (χ0v) is 15.7. The maximum Gasteiger partial charge on any atom is 0.143 e. The van der Waals surface area contributed by atoms with E-state index in [1.165, 1.54) is 54.2 Å². The van der Waals surface area contributed by atoms with Crippen LogP contribution in [0.5, 0.6) is 0 Å². The van der Waals surface area contributed by atoms with E-state index < -0.39 is 0 Å². The molecule has 1 aromatic rings. The number of nitrogens with one attached hydrogen (secondary N) is 1. The Morgan fingerprint density at radius 1 is 1.10 bits per heavy atom. The fourth-order valence-electron chi connectivity index (χ4n) is 3.05. The second-order valence-corrected chi connectivity index (χ2v) is 7.44. The Labute approximate surface area is 142 Å². The number of rotatable bonds is 4. The fraction of sp³-hybridized carbons (Fsp3) is 0.765. The molecule has 3 nitrogen and oxygen atoms in total. The normalized spacial score (nSPS) is 17.6. The molecular formula is C17H28IN3. The van der Waals surface area contributed by atoms with Crippen molar-refractivity contribution in [1.82, 2.24) is 9.97 Å². The maximum absolute atomic E-state index is 4.95. The van der Waals surface area contributed by atoms with Crippen molar-refractivity contribution >= 4 is 28.4 Å². The van der Waals surface area contributed by atoms with Crippen LogP contribution in [-0.2, 0) is 0 Å². The minimum absolute atomic E-state index is 0.449. The first-order valence-electron chi connectivity index (χ1n) is 8.44. The van der Waals surface area contributed by atoms with Gasteiger partial charge in [0.05, 0.1) is 9.26 Å². The van der Waals surface area contributed by atoms with Crippen LogP contribution in [0.25, 0.3) is 0 Å². The molecule has 1 N–H and O–H groups in total. The van der Waals surface area contributed by atoms with E-state index in [0.717, 1.165) is 18.2 Å². The summed E-state index contributed by atoms with van der Waals surface area (Å²) in [6.07, 6.45) is 9.31. The lowest BCUT2D eigenvalue weighted by Crippen LogP contribution is -2.14. The molecule has 0 unspecified atom stereocenters. The van der Waals surface area contributed by atoms with E-state index in [1.807, 2.05) is 0 Å². The number of aromatic nitrogens is 2. The van der Waals surface area contributed by atoms with Crippen LogP contribution in [0.15, 0.2) is 0 Å². The molecule has 1 fully saturated rings. The van der Waals surface area contributed by atoms with Crippen molar-refractivity contribution in [2.24, 2.45) is 0 Å². The van der Waals surface area contributed by atoms with Crippen LogP contribution in [0.1, 0.15) is 89.1 Å². The molecule has 1 saturated carbocycles. The molecule has 0 saturated heterocycles. The molecule has 0 amide bonds. The third-order valence-electron chi connectivity index (χ3n) is 4.26. The molecular weight excluding hydrogens is 373 g/mol. The lowest BCUT2D eigenvalue weighted by Gasteiger charge is -2.21. The average molecular weight is 401 g/mol. The van der Waals surface area contributed by atoms with Gasteiger partial charge in [-0.2, -0.15) is 0 Å². The van der Waals surface area contributed by atoms with E-state index in [4.69, 9.17) is 9.97 Å². The summed E-state index contributed by atoms with van der Waals surface area (Å²) in [7, 11) is 0. The molecule has 21 heavy (non-hydrogen) atoms. The summed E-state index contributed by atoms with van der Waals surface area (Å²) in [5.74, 6) is 3.12. The summed E-state index contributed by atoms with van der Waals surface area (Å²) in [6.45, 7) is 7.49. The number of anilines is 1. The smallest absolute Gasteiger partial charge is 0.143 e. The molecule has 1 aliphatic rings. The van der Waals surface area contributed by atoms with Crippen molar-refractivity contribution < 1.29 is 0 Å². The highest BCUT2D eigenvalue weighted by Gasteiger charge is 2.21. The lowest BCUT2D eigenvalue weighted by molar-refractivity contribution is 0.441. The molecule has 2 rings (SSSR count). The van der Waals surface area contributed by atoms with Crippen molar-refractivity contribution in [2.45, 2.75) is 77.6 Å². The van der Waals surface area contributed by atoms with Crippen LogP contribution in [0.4, 0.5) is 5.82 Å². The van der Waals surface area contributed by atoms with Crippen molar-refractivity contribution in [1.29, 1.82) is 0 Å². The Hall–Kier alpha value is -0.390. The quantitative estimate of drug-likeness (QED) is 0.681. The zero-order valence-electron chi connectivity index (χ0n) is 13.6. The predicted molar refractivity (Wildman–Crippen MR) is 98.1 cm³/mol. The molecule has 1 aromatic heterocycles. The van der Waals surface area contributed by atoms with Gasteiger partial charge in [-0.3, -0.25) is 0 Å². The minimum Gasteiger partial charge on any atom is -0.369 e. The van der Waals surface area contributed by atoms with Gasteiger partial charge in [0, 0.05) is 12.5 Å². The maximum atomic E-state index is 4.95. The third-order valence-corrected chi connectivity index (χ3v) is 5.32. The molecule has 1 aliphatic carbocycles. The van der Waals surface area contributed by atoms with Crippen LogP contribution >= 0.6 is 22.6 Å². The van der Waals surface area contributed by atoms with E-state index in [1.54, 1.807) is 0 Å². The Morgan fingerprint density at radius 3 is 2.29 bits per heavy atom. The van der Waals surface area contributed by atoms with Crippen molar-refractivity contribution in [3.05, 3.63) is 15.1 Å². The van der Waals surface area contributed by atoms with Crippen molar-refractivity contribution in [3.63, 3.8) is 0 Å². The Kier molecular flexibility index (Phi) is 6.71. The van der Waals surface area contributed by atoms with E-state index in [0.29, 0.717) is 11.8 Å². The SMILES string of the molecule is CCNc1nc(C2CCCCCCC2)nc(C(C)C)c1I. The average Bonchev–Trinajstić information content (AvgIpc) is 2.41. The third kappa shape index (κ3) is 4.54. The summed E-state index contributed by atoms with van der Waals surface area (Å²) >= 11 is 2.39. The van der Waals surface area contributed by atoms with E-state index in [2.05, 4.69) is 48.7 Å². The first-order chi connectivity index (χ1) is 10.1. The van der Waals surface area contributed by atoms with Gasteiger partial charge in [-0.25, -0.2) is 9.97 Å². The molecule has 118 valence electrons. The lowest BCUT2D eigenvalue weighted by atomic mass is 9.90. The summed E-state index contributed by atoms with van der Waals surface area (Å²) in [5.41, 5.74) is 1.21. The van der Waals surface area contributed by atoms with Crippen molar-refractivity contribution in [2.75, 3.05) is 11.9 Å². The van der Waals surface area contributed by atoms with Crippen LogP contribution in [0.2, 0.25) is 0 Å². The van der Waals surface area contributed by atoms with Gasteiger partial charge in [0.15, 0.2) is 0 Å². The first-order valence-corrected chi connectivity index (χ1v) is 9.52. The van der Waals surface area contributed by atoms with Gasteiger partial charge < -0.3 is 5.32 Å². The molecule has 4 heteroatoms. The monoisotopic (exact) mass is 401 g/mol. The highest BCUT2D eigenvalue weighted by molar-refractivity contribution is 14.1. The predicted octanol–water partition coefficient (Wildman–Crippen LogP) is 5.46. The van der Waals surface area contributed by atoms with Crippen LogP contribution in [-0.4, -0.2) is 16.5 Å². The molecule has 0 aromatic carbocycles. The van der Waals surface area contributed by atoms with Crippen LogP contribution < -0.4 is 5.32 Å². The number of halogens is 1. The van der Waals surface area contributed by atoms with Gasteiger partial charge in [0.2, 0.25) is 0 Å². The Morgan fingerprint density at radius 2 is 1.71 bits per heavy atom. The number of hydrogen-bond donors (Lipinski definition) is 1. The van der Waals surface area contributed by atoms with Gasteiger partial charge in [-0.1, -0.05) is 46.0 Å².